The zero-order chi connectivity index (χ0) is 31.1. The lowest BCUT2D eigenvalue weighted by Gasteiger charge is -2.31. The lowest BCUT2D eigenvalue weighted by Crippen LogP contribution is -2.42. The summed E-state index contributed by atoms with van der Waals surface area (Å²) in [6, 6.07) is 15.8. The fourth-order valence-corrected chi connectivity index (χ4v) is 4.99. The van der Waals surface area contributed by atoms with Crippen LogP contribution in [0.25, 0.3) is 33.2 Å². The van der Waals surface area contributed by atoms with Crippen molar-refractivity contribution in [3.05, 3.63) is 83.6 Å². The first-order valence-corrected chi connectivity index (χ1v) is 13.9. The number of alkyl halides is 2. The van der Waals surface area contributed by atoms with Crippen molar-refractivity contribution < 1.29 is 36.3 Å². The van der Waals surface area contributed by atoms with E-state index in [0.717, 1.165) is 23.3 Å². The van der Waals surface area contributed by atoms with Gasteiger partial charge < -0.3 is 19.0 Å². The van der Waals surface area contributed by atoms with Gasteiger partial charge in [-0.15, -0.1) is 0 Å². The second-order valence-corrected chi connectivity index (χ2v) is 11.8. The van der Waals surface area contributed by atoms with Crippen LogP contribution in [0.15, 0.2) is 65.1 Å². The summed E-state index contributed by atoms with van der Waals surface area (Å²) in [4.78, 5) is 28.2. The topological polar surface area (TPSA) is 63.0 Å². The third kappa shape index (κ3) is 6.84. The molecule has 1 fully saturated rings. The summed E-state index contributed by atoms with van der Waals surface area (Å²) in [5.74, 6) is -4.59. The molecule has 0 radical (unpaired) electrons. The standard InChI is InChI=1S/C33H32F4N2O4/c1-32(2,3)43-31(41)38(4)19-25-16-24-15-23(17-26(29(24)42-25)22-9-10-27(34)28(35)18-22)20-5-7-21(8-6-20)30(40)39-13-11-33(36,37)12-14-39/h5-10,15-18H,11-14,19H2,1-4H3. The molecular weight excluding hydrogens is 564 g/mol. The van der Waals surface area contributed by atoms with E-state index in [2.05, 4.69) is 0 Å². The van der Waals surface area contributed by atoms with E-state index < -0.39 is 29.3 Å². The fraction of sp³-hybridized carbons (Fsp3) is 0.333. The molecule has 10 heteroatoms. The number of carbonyl (C=O) groups excluding carboxylic acids is 2. The molecule has 0 aliphatic carbocycles. The number of ether oxygens (including phenoxy) is 1. The van der Waals surface area contributed by atoms with Gasteiger partial charge in [-0.25, -0.2) is 22.4 Å². The maximum Gasteiger partial charge on any atom is 0.410 e. The first-order chi connectivity index (χ1) is 20.2. The highest BCUT2D eigenvalue weighted by Gasteiger charge is 2.35. The monoisotopic (exact) mass is 596 g/mol. The number of benzene rings is 3. The Hall–Kier alpha value is -4.34. The van der Waals surface area contributed by atoms with Crippen LogP contribution in [0.1, 0.15) is 49.7 Å². The van der Waals surface area contributed by atoms with Crippen LogP contribution >= 0.6 is 0 Å². The Morgan fingerprint density at radius 2 is 1.56 bits per heavy atom. The summed E-state index contributed by atoms with van der Waals surface area (Å²) in [6.07, 6.45) is -1.24. The van der Waals surface area contributed by atoms with Crippen molar-refractivity contribution in [3.8, 4) is 22.3 Å². The summed E-state index contributed by atoms with van der Waals surface area (Å²) in [5, 5.41) is 0.666. The minimum absolute atomic E-state index is 0.00617. The average Bonchev–Trinajstić information content (AvgIpc) is 3.35. The van der Waals surface area contributed by atoms with Gasteiger partial charge >= 0.3 is 6.09 Å². The summed E-state index contributed by atoms with van der Waals surface area (Å²) in [5.41, 5.74) is 2.49. The Kier molecular flexibility index (Phi) is 7.98. The highest BCUT2D eigenvalue weighted by molar-refractivity contribution is 5.98. The summed E-state index contributed by atoms with van der Waals surface area (Å²) in [7, 11) is 1.58. The van der Waals surface area contributed by atoms with Gasteiger partial charge in [0.15, 0.2) is 11.6 Å². The van der Waals surface area contributed by atoms with Crippen LogP contribution in [0.4, 0.5) is 22.4 Å². The van der Waals surface area contributed by atoms with Crippen LogP contribution in [-0.2, 0) is 11.3 Å². The molecule has 3 aromatic carbocycles. The molecule has 1 aromatic heterocycles. The molecule has 226 valence electrons. The number of piperidine rings is 1. The molecule has 0 saturated carbocycles. The lowest BCUT2D eigenvalue weighted by atomic mass is 9.96. The molecule has 0 unspecified atom stereocenters. The number of carbonyl (C=O) groups is 2. The van der Waals surface area contributed by atoms with Crippen LogP contribution in [-0.4, -0.2) is 53.5 Å². The van der Waals surface area contributed by atoms with Crippen molar-refractivity contribution in [2.24, 2.45) is 0 Å². The SMILES string of the molecule is CN(Cc1cc2cc(-c3ccc(C(=O)N4CCC(F)(F)CC4)cc3)cc(-c3ccc(F)c(F)c3)c2o1)C(=O)OC(C)(C)C. The van der Waals surface area contributed by atoms with Crippen LogP contribution in [0.2, 0.25) is 0 Å². The van der Waals surface area contributed by atoms with E-state index in [0.29, 0.717) is 33.4 Å². The van der Waals surface area contributed by atoms with Gasteiger partial charge in [-0.1, -0.05) is 18.2 Å². The minimum Gasteiger partial charge on any atom is -0.459 e. The molecule has 0 bridgehead atoms. The Labute approximate surface area is 246 Å². The summed E-state index contributed by atoms with van der Waals surface area (Å²) >= 11 is 0. The van der Waals surface area contributed by atoms with Crippen LogP contribution in [0, 0.1) is 11.6 Å². The van der Waals surface area contributed by atoms with Gasteiger partial charge in [0.25, 0.3) is 11.8 Å². The third-order valence-electron chi connectivity index (χ3n) is 7.24. The van der Waals surface area contributed by atoms with Crippen LogP contribution in [0.5, 0.6) is 0 Å². The smallest absolute Gasteiger partial charge is 0.410 e. The molecular formula is C33H32F4N2O4. The number of nitrogens with zero attached hydrogens (tertiary/aromatic N) is 2. The number of halogens is 4. The Bertz CT molecular complexity index is 1660. The normalized spacial score (nSPS) is 15.0. The molecule has 0 atom stereocenters. The highest BCUT2D eigenvalue weighted by atomic mass is 19.3. The molecule has 0 N–H and O–H groups in total. The number of furan rings is 1. The van der Waals surface area contributed by atoms with Gasteiger partial charge in [-0.05, 0) is 79.9 Å². The van der Waals surface area contributed by atoms with Gasteiger partial charge in [0.2, 0.25) is 0 Å². The molecule has 1 saturated heterocycles. The lowest BCUT2D eigenvalue weighted by molar-refractivity contribution is -0.0494. The van der Waals surface area contributed by atoms with Gasteiger partial charge in [-0.3, -0.25) is 4.79 Å². The van der Waals surface area contributed by atoms with Gasteiger partial charge in [0.05, 0.1) is 6.54 Å². The van der Waals surface area contributed by atoms with Crippen molar-refractivity contribution in [2.75, 3.05) is 20.1 Å². The summed E-state index contributed by atoms with van der Waals surface area (Å²) in [6.45, 7) is 5.41. The van der Waals surface area contributed by atoms with E-state index in [4.69, 9.17) is 9.15 Å². The molecule has 1 aliphatic heterocycles. The Balaban J connectivity index is 1.48. The van der Waals surface area contributed by atoms with Crippen LogP contribution < -0.4 is 0 Å². The highest BCUT2D eigenvalue weighted by Crippen LogP contribution is 2.37. The Morgan fingerprint density at radius 1 is 0.907 bits per heavy atom. The molecule has 43 heavy (non-hydrogen) atoms. The minimum atomic E-state index is -2.75. The largest absolute Gasteiger partial charge is 0.459 e. The van der Waals surface area contributed by atoms with E-state index >= 15 is 0 Å². The fourth-order valence-electron chi connectivity index (χ4n) is 4.99. The van der Waals surface area contributed by atoms with Gasteiger partial charge in [0, 0.05) is 49.5 Å². The van der Waals surface area contributed by atoms with E-state index in [9.17, 15) is 27.2 Å². The first-order valence-electron chi connectivity index (χ1n) is 13.9. The van der Waals surface area contributed by atoms with Gasteiger partial charge in [0.1, 0.15) is 16.9 Å². The molecule has 6 nitrogen and oxygen atoms in total. The quantitative estimate of drug-likeness (QED) is 0.218. The number of hydrogen-bond donors (Lipinski definition) is 0. The second-order valence-electron chi connectivity index (χ2n) is 11.8. The Morgan fingerprint density at radius 3 is 2.19 bits per heavy atom. The zero-order valence-electron chi connectivity index (χ0n) is 24.3. The van der Waals surface area contributed by atoms with Crippen molar-refractivity contribution in [1.29, 1.82) is 0 Å². The molecule has 2 amide bonds. The maximum atomic E-state index is 14.3. The predicted octanol–water partition coefficient (Wildman–Crippen LogP) is 8.28. The third-order valence-corrected chi connectivity index (χ3v) is 7.24. The van der Waals surface area contributed by atoms with Crippen LogP contribution in [0.3, 0.4) is 0 Å². The predicted molar refractivity (Wildman–Crippen MR) is 155 cm³/mol. The molecule has 1 aliphatic rings. The molecule has 0 spiro atoms. The zero-order valence-corrected chi connectivity index (χ0v) is 24.3. The maximum absolute atomic E-state index is 14.3. The molecule has 4 aromatic rings. The second kappa shape index (κ2) is 11.4. The number of hydrogen-bond acceptors (Lipinski definition) is 4. The molecule has 2 heterocycles. The van der Waals surface area contributed by atoms with Gasteiger partial charge in [-0.2, -0.15) is 0 Å². The van der Waals surface area contributed by atoms with E-state index in [1.807, 2.05) is 6.07 Å². The van der Waals surface area contributed by atoms with Crippen molar-refractivity contribution in [1.82, 2.24) is 9.80 Å². The number of amides is 2. The summed E-state index contributed by atoms with van der Waals surface area (Å²) < 4.78 is 66.7. The number of rotatable bonds is 5. The number of fused-ring (bicyclic) bond motifs is 1. The average molecular weight is 597 g/mol. The van der Waals surface area contributed by atoms with Crippen molar-refractivity contribution >= 4 is 23.0 Å². The number of likely N-dealkylation sites (tertiary alicyclic amines) is 1. The van der Waals surface area contributed by atoms with E-state index in [1.165, 1.54) is 15.9 Å². The van der Waals surface area contributed by atoms with Crippen molar-refractivity contribution in [3.63, 3.8) is 0 Å². The van der Waals surface area contributed by atoms with E-state index in [-0.39, 0.29) is 38.4 Å². The van der Waals surface area contributed by atoms with Crippen molar-refractivity contribution in [2.45, 2.75) is 51.7 Å². The first kappa shape index (κ1) is 30.1. The van der Waals surface area contributed by atoms with E-state index in [1.54, 1.807) is 64.2 Å². The molecule has 5 rings (SSSR count).